The Morgan fingerprint density at radius 3 is 2.68 bits per heavy atom. The minimum Gasteiger partial charge on any atom is -0.462 e. The van der Waals surface area contributed by atoms with Gasteiger partial charge in [-0.2, -0.15) is 0 Å². The van der Waals surface area contributed by atoms with Gasteiger partial charge < -0.3 is 4.74 Å². The van der Waals surface area contributed by atoms with Crippen molar-refractivity contribution in [3.8, 4) is 0 Å². The zero-order chi connectivity index (χ0) is 14.3. The van der Waals surface area contributed by atoms with Gasteiger partial charge in [0.1, 0.15) is 0 Å². The summed E-state index contributed by atoms with van der Waals surface area (Å²) in [5.74, 6) is -1.14. The van der Waals surface area contributed by atoms with E-state index in [-0.39, 0.29) is 17.7 Å². The second-order valence-electron chi connectivity index (χ2n) is 3.70. The van der Waals surface area contributed by atoms with Gasteiger partial charge in [0.05, 0.1) is 17.9 Å². The molecule has 0 N–H and O–H groups in total. The van der Waals surface area contributed by atoms with Gasteiger partial charge in [-0.15, -0.1) is 0 Å². The summed E-state index contributed by atoms with van der Waals surface area (Å²) in [4.78, 5) is 21.8. The van der Waals surface area contributed by atoms with E-state index in [4.69, 9.17) is 4.74 Å². The molecule has 0 heterocycles. The first-order chi connectivity index (χ1) is 9.00. The van der Waals surface area contributed by atoms with E-state index in [0.717, 1.165) is 6.08 Å². The van der Waals surface area contributed by atoms with Crippen LogP contribution in [0.4, 0.5) is 0 Å². The Kier molecular flexibility index (Phi) is 5.41. The van der Waals surface area contributed by atoms with Crippen molar-refractivity contribution in [2.45, 2.75) is 19.1 Å². The Balaban J connectivity index is 3.03. The van der Waals surface area contributed by atoms with Gasteiger partial charge in [0.2, 0.25) is 0 Å². The van der Waals surface area contributed by atoms with Gasteiger partial charge in [-0.25, -0.2) is 18.0 Å². The molecule has 7 heteroatoms. The molecule has 102 valence electrons. The highest BCUT2D eigenvalue weighted by Gasteiger charge is 2.17. The topological polar surface area (TPSA) is 89.9 Å². The Labute approximate surface area is 111 Å². The maximum Gasteiger partial charge on any atom is 0.338 e. The molecule has 0 aliphatic carbocycles. The number of sulfonamides is 1. The monoisotopic (exact) mass is 283 g/mol. The molecule has 0 aliphatic rings. The van der Waals surface area contributed by atoms with Gasteiger partial charge in [0, 0.05) is 0 Å². The molecular formula is C12H13NO5S. The second-order valence-corrected chi connectivity index (χ2v) is 5.34. The van der Waals surface area contributed by atoms with Crippen LogP contribution in [-0.4, -0.2) is 27.1 Å². The smallest absolute Gasteiger partial charge is 0.338 e. The van der Waals surface area contributed by atoms with E-state index >= 15 is 0 Å². The van der Waals surface area contributed by atoms with E-state index in [2.05, 4.69) is 4.40 Å². The van der Waals surface area contributed by atoms with E-state index in [9.17, 15) is 18.0 Å². The van der Waals surface area contributed by atoms with Crippen LogP contribution in [0, 0.1) is 0 Å². The highest BCUT2D eigenvalue weighted by atomic mass is 32.2. The van der Waals surface area contributed by atoms with E-state index < -0.39 is 21.7 Å². The molecule has 0 aromatic heterocycles. The number of rotatable bonds is 6. The third kappa shape index (κ3) is 4.65. The molecule has 1 aromatic rings. The Hall–Kier alpha value is -1.98. The van der Waals surface area contributed by atoms with E-state index in [1.807, 2.05) is 6.92 Å². The van der Waals surface area contributed by atoms with Crippen molar-refractivity contribution < 1.29 is 22.7 Å². The minimum atomic E-state index is -3.97. The number of hydrogen-bond donors (Lipinski definition) is 0. The molecule has 0 bridgehead atoms. The lowest BCUT2D eigenvalue weighted by Gasteiger charge is -2.07. The van der Waals surface area contributed by atoms with Crippen molar-refractivity contribution >= 4 is 22.1 Å². The minimum absolute atomic E-state index is 0.153. The molecule has 0 unspecified atom stereocenters. The average molecular weight is 283 g/mol. The van der Waals surface area contributed by atoms with Gasteiger partial charge in [-0.3, -0.25) is 0 Å². The van der Waals surface area contributed by atoms with Crippen LogP contribution in [0.1, 0.15) is 29.3 Å². The van der Waals surface area contributed by atoms with Crippen LogP contribution in [0.25, 0.3) is 0 Å². The summed E-state index contributed by atoms with van der Waals surface area (Å²) in [6.07, 6.45) is 1.65. The Morgan fingerprint density at radius 1 is 1.37 bits per heavy atom. The number of ether oxygens (including phenoxy) is 1. The molecule has 0 radical (unpaired) electrons. The number of carbonyl (C=O) groups is 1. The number of isocyanates is 1. The molecule has 0 aliphatic heterocycles. The Bertz CT molecular complexity index is 602. The lowest BCUT2D eigenvalue weighted by molar-refractivity contribution is 0.0504. The third-order valence-corrected chi connectivity index (χ3v) is 3.22. The number of carbonyl (C=O) groups excluding carboxylic acids is 2. The SMILES string of the molecule is CCCOC(=O)c1ccccc1CS(=O)(=O)N=C=O. The van der Waals surface area contributed by atoms with Gasteiger partial charge in [-0.05, 0) is 18.1 Å². The predicted octanol–water partition coefficient (Wildman–Crippen LogP) is 1.42. The first-order valence-corrected chi connectivity index (χ1v) is 7.18. The fourth-order valence-corrected chi connectivity index (χ4v) is 2.23. The normalized spacial score (nSPS) is 10.6. The van der Waals surface area contributed by atoms with Crippen LogP contribution < -0.4 is 0 Å². The molecule has 6 nitrogen and oxygen atoms in total. The molecule has 0 atom stereocenters. The zero-order valence-corrected chi connectivity index (χ0v) is 11.1. The van der Waals surface area contributed by atoms with Crippen molar-refractivity contribution in [2.75, 3.05) is 6.61 Å². The molecule has 0 saturated carbocycles. The lowest BCUT2D eigenvalue weighted by atomic mass is 10.1. The number of benzene rings is 1. The van der Waals surface area contributed by atoms with Crippen LogP contribution in [-0.2, 0) is 25.3 Å². The highest BCUT2D eigenvalue weighted by Crippen LogP contribution is 2.14. The van der Waals surface area contributed by atoms with Crippen LogP contribution in [0.3, 0.4) is 0 Å². The maximum atomic E-state index is 11.7. The molecule has 1 rings (SSSR count). The fourth-order valence-electron chi connectivity index (χ4n) is 1.40. The second kappa shape index (κ2) is 6.82. The molecule has 1 aromatic carbocycles. The van der Waals surface area contributed by atoms with Crippen LogP contribution in [0.5, 0.6) is 0 Å². The van der Waals surface area contributed by atoms with E-state index in [1.165, 1.54) is 12.1 Å². The van der Waals surface area contributed by atoms with Gasteiger partial charge >= 0.3 is 5.97 Å². The average Bonchev–Trinajstić information content (AvgIpc) is 2.36. The quantitative estimate of drug-likeness (QED) is 0.447. The predicted molar refractivity (Wildman–Crippen MR) is 67.8 cm³/mol. The van der Waals surface area contributed by atoms with Gasteiger partial charge in [0.25, 0.3) is 16.1 Å². The summed E-state index contributed by atoms with van der Waals surface area (Å²) in [6, 6.07) is 6.13. The molecular weight excluding hydrogens is 270 g/mol. The molecule has 0 spiro atoms. The highest BCUT2D eigenvalue weighted by molar-refractivity contribution is 7.89. The first-order valence-electron chi connectivity index (χ1n) is 5.57. The number of hydrogen-bond acceptors (Lipinski definition) is 5. The number of nitrogens with zero attached hydrogens (tertiary/aromatic N) is 1. The summed E-state index contributed by atoms with van der Waals surface area (Å²) >= 11 is 0. The summed E-state index contributed by atoms with van der Waals surface area (Å²) < 4.78 is 30.5. The summed E-state index contributed by atoms with van der Waals surface area (Å²) in [6.45, 7) is 2.11. The van der Waals surface area contributed by atoms with E-state index in [0.29, 0.717) is 6.42 Å². The standard InChI is InChI=1S/C12H13NO5S/c1-2-7-18-12(15)11-6-4-3-5-10(11)8-19(16,17)13-9-14/h3-6H,2,7-8H2,1H3. The summed E-state index contributed by atoms with van der Waals surface area (Å²) in [5.41, 5.74) is 0.392. The van der Waals surface area contributed by atoms with Crippen molar-refractivity contribution in [3.63, 3.8) is 0 Å². The van der Waals surface area contributed by atoms with Crippen molar-refractivity contribution in [1.29, 1.82) is 0 Å². The summed E-state index contributed by atoms with van der Waals surface area (Å²) in [5, 5.41) is 0. The Morgan fingerprint density at radius 2 is 2.05 bits per heavy atom. The van der Waals surface area contributed by atoms with Crippen LogP contribution >= 0.6 is 0 Å². The lowest BCUT2D eigenvalue weighted by Crippen LogP contribution is -2.11. The summed E-state index contributed by atoms with van der Waals surface area (Å²) in [7, 11) is -3.97. The number of esters is 1. The van der Waals surface area contributed by atoms with Crippen LogP contribution in [0.15, 0.2) is 28.7 Å². The van der Waals surface area contributed by atoms with Crippen molar-refractivity contribution in [3.05, 3.63) is 35.4 Å². The van der Waals surface area contributed by atoms with Crippen molar-refractivity contribution in [1.82, 2.24) is 0 Å². The third-order valence-electron chi connectivity index (χ3n) is 2.19. The molecule has 0 amide bonds. The van der Waals surface area contributed by atoms with E-state index in [1.54, 1.807) is 12.1 Å². The molecule has 0 saturated heterocycles. The molecule has 19 heavy (non-hydrogen) atoms. The largest absolute Gasteiger partial charge is 0.462 e. The van der Waals surface area contributed by atoms with Gasteiger partial charge in [-0.1, -0.05) is 29.5 Å². The first kappa shape index (κ1) is 15.1. The van der Waals surface area contributed by atoms with Crippen LogP contribution in [0.2, 0.25) is 0 Å². The fraction of sp³-hybridized carbons (Fsp3) is 0.333. The zero-order valence-electron chi connectivity index (χ0n) is 10.3. The van der Waals surface area contributed by atoms with Gasteiger partial charge in [0.15, 0.2) is 0 Å². The molecule has 0 fully saturated rings. The van der Waals surface area contributed by atoms with Crippen molar-refractivity contribution in [2.24, 2.45) is 4.40 Å². The maximum absolute atomic E-state index is 11.7.